The number of hydrogen-bond donors (Lipinski definition) is 2. The molecule has 0 saturated carbocycles. The van der Waals surface area contributed by atoms with Gasteiger partial charge in [0, 0.05) is 31.7 Å². The summed E-state index contributed by atoms with van der Waals surface area (Å²) in [6.07, 6.45) is 0.606. The largest absolute Gasteiger partial charge is 0.355 e. The molecule has 7 nitrogen and oxygen atoms in total. The Labute approximate surface area is 175 Å². The molecule has 2 aromatic carbocycles. The van der Waals surface area contributed by atoms with E-state index in [-0.39, 0.29) is 42.3 Å². The lowest BCUT2D eigenvalue weighted by Gasteiger charge is -2.20. The van der Waals surface area contributed by atoms with E-state index in [1.54, 1.807) is 23.1 Å². The van der Waals surface area contributed by atoms with E-state index in [2.05, 4.69) is 10.0 Å². The minimum absolute atomic E-state index is 0.0141. The van der Waals surface area contributed by atoms with E-state index < -0.39 is 15.8 Å². The molecule has 0 fully saturated rings. The lowest BCUT2D eigenvalue weighted by Crippen LogP contribution is -2.35. The fraction of sp³-hybridized carbons (Fsp3) is 0.333. The van der Waals surface area contributed by atoms with Crippen molar-refractivity contribution >= 4 is 27.5 Å². The molecule has 0 saturated heterocycles. The van der Waals surface area contributed by atoms with Gasteiger partial charge in [-0.05, 0) is 54.8 Å². The summed E-state index contributed by atoms with van der Waals surface area (Å²) >= 11 is 0. The van der Waals surface area contributed by atoms with Crippen LogP contribution in [0.5, 0.6) is 0 Å². The number of anilines is 1. The Morgan fingerprint density at radius 2 is 1.93 bits per heavy atom. The first-order valence-electron chi connectivity index (χ1n) is 9.61. The first-order valence-corrected chi connectivity index (χ1v) is 11.1. The molecule has 0 bridgehead atoms. The van der Waals surface area contributed by atoms with Crippen molar-refractivity contribution in [3.8, 4) is 0 Å². The Morgan fingerprint density at radius 3 is 2.63 bits per heavy atom. The fourth-order valence-corrected chi connectivity index (χ4v) is 4.70. The zero-order valence-electron chi connectivity index (χ0n) is 16.8. The van der Waals surface area contributed by atoms with Crippen LogP contribution in [0.15, 0.2) is 47.4 Å². The Bertz CT molecular complexity index is 1070. The second-order valence-corrected chi connectivity index (χ2v) is 9.05. The zero-order chi connectivity index (χ0) is 21.9. The summed E-state index contributed by atoms with van der Waals surface area (Å²) in [5.41, 5.74) is 2.09. The highest BCUT2D eigenvalue weighted by Crippen LogP contribution is 2.33. The number of sulfonamides is 1. The number of rotatable bonds is 7. The van der Waals surface area contributed by atoms with Crippen molar-refractivity contribution in [2.24, 2.45) is 0 Å². The van der Waals surface area contributed by atoms with E-state index in [9.17, 15) is 22.4 Å². The number of benzene rings is 2. The average molecular weight is 434 g/mol. The Kier molecular flexibility index (Phi) is 6.52. The van der Waals surface area contributed by atoms with Gasteiger partial charge in [-0.3, -0.25) is 9.59 Å². The van der Waals surface area contributed by atoms with Gasteiger partial charge in [0.2, 0.25) is 21.8 Å². The molecule has 1 aliphatic heterocycles. The van der Waals surface area contributed by atoms with Gasteiger partial charge in [0.25, 0.3) is 0 Å². The first kappa shape index (κ1) is 21.9. The Morgan fingerprint density at radius 1 is 1.17 bits per heavy atom. The van der Waals surface area contributed by atoms with Crippen LogP contribution in [0, 0.1) is 5.82 Å². The van der Waals surface area contributed by atoms with Crippen molar-refractivity contribution in [1.29, 1.82) is 0 Å². The number of nitrogens with one attached hydrogen (secondary N) is 2. The third-order valence-electron chi connectivity index (χ3n) is 4.91. The van der Waals surface area contributed by atoms with Crippen LogP contribution in [0.4, 0.5) is 10.1 Å². The molecule has 30 heavy (non-hydrogen) atoms. The highest BCUT2D eigenvalue weighted by Gasteiger charge is 2.30. The number of amides is 2. The number of fused-ring (bicyclic) bond motifs is 1. The number of carbonyl (C=O) groups is 2. The smallest absolute Gasteiger partial charge is 0.240 e. The minimum Gasteiger partial charge on any atom is -0.355 e. The van der Waals surface area contributed by atoms with Crippen LogP contribution in [0.3, 0.4) is 0 Å². The predicted octanol–water partition coefficient (Wildman–Crippen LogP) is 1.76. The molecule has 160 valence electrons. The molecule has 0 spiro atoms. The normalized spacial score (nSPS) is 15.7. The monoisotopic (exact) mass is 433 g/mol. The van der Waals surface area contributed by atoms with Crippen molar-refractivity contribution in [1.82, 2.24) is 10.0 Å². The second kappa shape index (κ2) is 8.93. The van der Waals surface area contributed by atoms with Gasteiger partial charge in [-0.15, -0.1) is 0 Å². The van der Waals surface area contributed by atoms with Crippen LogP contribution >= 0.6 is 0 Å². The van der Waals surface area contributed by atoms with Crippen molar-refractivity contribution in [3.63, 3.8) is 0 Å². The summed E-state index contributed by atoms with van der Waals surface area (Å²) in [5.74, 6) is -0.817. The molecule has 2 aromatic rings. The minimum atomic E-state index is -3.75. The molecule has 2 N–H and O–H groups in total. The maximum Gasteiger partial charge on any atom is 0.240 e. The lowest BCUT2D eigenvalue weighted by molar-refractivity contribution is -0.120. The van der Waals surface area contributed by atoms with Crippen molar-refractivity contribution in [3.05, 3.63) is 59.4 Å². The van der Waals surface area contributed by atoms with Gasteiger partial charge in [0.05, 0.1) is 11.3 Å². The molecule has 1 unspecified atom stereocenters. The Hall–Kier alpha value is -2.78. The van der Waals surface area contributed by atoms with E-state index in [1.165, 1.54) is 31.2 Å². The topological polar surface area (TPSA) is 95.6 Å². The maximum absolute atomic E-state index is 13.2. The van der Waals surface area contributed by atoms with Gasteiger partial charge >= 0.3 is 0 Å². The maximum atomic E-state index is 13.2. The first-order chi connectivity index (χ1) is 14.2. The van der Waals surface area contributed by atoms with E-state index in [0.717, 1.165) is 11.3 Å². The van der Waals surface area contributed by atoms with Gasteiger partial charge in [-0.1, -0.05) is 12.1 Å². The second-order valence-electron chi connectivity index (χ2n) is 7.29. The fourth-order valence-electron chi connectivity index (χ4n) is 3.62. The standard InChI is InChI=1S/C21H24FN3O4S/c1-14-10-17-13-19(6-7-20(17)25(14)15(2)26)30(28,29)24-9-8-23-21(27)12-16-4-3-5-18(22)11-16/h3-7,11,13-14,24H,8-10,12H2,1-2H3,(H,23,27). The summed E-state index contributed by atoms with van der Waals surface area (Å²) in [6.45, 7) is 3.53. The molecule has 1 aliphatic rings. The highest BCUT2D eigenvalue weighted by molar-refractivity contribution is 7.89. The summed E-state index contributed by atoms with van der Waals surface area (Å²) in [4.78, 5) is 25.5. The molecule has 2 amide bonds. The number of hydrogen-bond acceptors (Lipinski definition) is 4. The lowest BCUT2D eigenvalue weighted by atomic mass is 10.1. The zero-order valence-corrected chi connectivity index (χ0v) is 17.6. The van der Waals surface area contributed by atoms with Crippen LogP contribution < -0.4 is 14.9 Å². The van der Waals surface area contributed by atoms with Gasteiger partial charge in [0.1, 0.15) is 5.82 Å². The highest BCUT2D eigenvalue weighted by atomic mass is 32.2. The van der Waals surface area contributed by atoms with Crippen LogP contribution in [0.2, 0.25) is 0 Å². The third kappa shape index (κ3) is 5.03. The van der Waals surface area contributed by atoms with Crippen LogP contribution in [-0.2, 0) is 32.5 Å². The summed E-state index contributed by atoms with van der Waals surface area (Å²) in [6, 6.07) is 10.4. The molecule has 0 aromatic heterocycles. The van der Waals surface area contributed by atoms with Gasteiger partial charge in [-0.2, -0.15) is 0 Å². The third-order valence-corrected chi connectivity index (χ3v) is 6.37. The van der Waals surface area contributed by atoms with Crippen molar-refractivity contribution < 1.29 is 22.4 Å². The predicted molar refractivity (Wildman–Crippen MR) is 111 cm³/mol. The number of carbonyl (C=O) groups excluding carboxylic acids is 2. The van der Waals surface area contributed by atoms with Gasteiger partial charge < -0.3 is 10.2 Å². The average Bonchev–Trinajstić information content (AvgIpc) is 3.00. The molecule has 0 aliphatic carbocycles. The molecule has 1 atom stereocenters. The van der Waals surface area contributed by atoms with Gasteiger partial charge in [-0.25, -0.2) is 17.5 Å². The summed E-state index contributed by atoms with van der Waals surface area (Å²) < 4.78 is 40.7. The molecule has 9 heteroatoms. The molecule has 3 rings (SSSR count). The van der Waals surface area contributed by atoms with Crippen molar-refractivity contribution in [2.45, 2.75) is 37.6 Å². The van der Waals surface area contributed by atoms with E-state index in [4.69, 9.17) is 0 Å². The molecular formula is C21H24FN3O4S. The summed E-state index contributed by atoms with van der Waals surface area (Å²) in [7, 11) is -3.75. The number of halogens is 1. The van der Waals surface area contributed by atoms with E-state index in [0.29, 0.717) is 12.0 Å². The van der Waals surface area contributed by atoms with Crippen LogP contribution in [-0.4, -0.2) is 39.4 Å². The van der Waals surface area contributed by atoms with Crippen molar-refractivity contribution in [2.75, 3.05) is 18.0 Å². The molecule has 0 radical (unpaired) electrons. The quantitative estimate of drug-likeness (QED) is 0.651. The Balaban J connectivity index is 1.54. The molecule has 1 heterocycles. The van der Waals surface area contributed by atoms with Crippen LogP contribution in [0.1, 0.15) is 25.0 Å². The van der Waals surface area contributed by atoms with Crippen LogP contribution in [0.25, 0.3) is 0 Å². The van der Waals surface area contributed by atoms with Gasteiger partial charge in [0.15, 0.2) is 0 Å². The number of nitrogens with zero attached hydrogens (tertiary/aromatic N) is 1. The van der Waals surface area contributed by atoms with E-state index >= 15 is 0 Å². The summed E-state index contributed by atoms with van der Waals surface area (Å²) in [5, 5.41) is 2.61. The SMILES string of the molecule is CC(=O)N1c2ccc(S(=O)(=O)NCCNC(=O)Cc3cccc(F)c3)cc2CC1C. The molecular weight excluding hydrogens is 409 g/mol. The van der Waals surface area contributed by atoms with E-state index in [1.807, 2.05) is 6.92 Å².